The molecule has 1 fully saturated rings. The first-order valence-corrected chi connectivity index (χ1v) is 6.70. The maximum Gasteiger partial charge on any atom is 0.333 e. The molecule has 0 unspecified atom stereocenters. The lowest BCUT2D eigenvalue weighted by Gasteiger charge is -2.32. The molecule has 112 valence electrons. The summed E-state index contributed by atoms with van der Waals surface area (Å²) < 4.78 is 7.07. The summed E-state index contributed by atoms with van der Waals surface area (Å²) in [5.74, 6) is 0.563. The van der Waals surface area contributed by atoms with E-state index in [9.17, 15) is 10.1 Å². The van der Waals surface area contributed by atoms with Crippen molar-refractivity contribution in [1.29, 1.82) is 0 Å². The average Bonchev–Trinajstić information content (AvgIpc) is 2.72. The van der Waals surface area contributed by atoms with Crippen LogP contribution in [0.2, 0.25) is 0 Å². The third-order valence-corrected chi connectivity index (χ3v) is 3.53. The second-order valence-corrected chi connectivity index (χ2v) is 4.92. The molecule has 2 rings (SSSR count). The number of nitro groups is 1. The van der Waals surface area contributed by atoms with E-state index in [4.69, 9.17) is 9.84 Å². The summed E-state index contributed by atoms with van der Waals surface area (Å²) in [6, 6.07) is 0. The van der Waals surface area contributed by atoms with Gasteiger partial charge < -0.3 is 14.7 Å². The lowest BCUT2D eigenvalue weighted by atomic mass is 10.1. The molecule has 1 aromatic heterocycles. The maximum absolute atomic E-state index is 11.2. The van der Waals surface area contributed by atoms with E-state index in [2.05, 4.69) is 5.10 Å². The molecular weight excluding hydrogens is 264 g/mol. The first kappa shape index (κ1) is 14.7. The second-order valence-electron chi connectivity index (χ2n) is 4.92. The van der Waals surface area contributed by atoms with Gasteiger partial charge in [0.2, 0.25) is 5.82 Å². The van der Waals surface area contributed by atoms with Gasteiger partial charge in [-0.2, -0.15) is 5.10 Å². The van der Waals surface area contributed by atoms with E-state index in [1.54, 1.807) is 18.7 Å². The quantitative estimate of drug-likeness (QED) is 0.629. The molecule has 1 N–H and O–H groups in total. The van der Waals surface area contributed by atoms with Crippen LogP contribution in [0.15, 0.2) is 0 Å². The molecule has 0 aliphatic carbocycles. The molecule has 0 saturated carbocycles. The molecule has 8 nitrogen and oxygen atoms in total. The van der Waals surface area contributed by atoms with Gasteiger partial charge in [0, 0.05) is 20.1 Å². The van der Waals surface area contributed by atoms with Crippen molar-refractivity contribution in [3.63, 3.8) is 0 Å². The van der Waals surface area contributed by atoms with Crippen LogP contribution in [-0.4, -0.2) is 52.2 Å². The van der Waals surface area contributed by atoms with Gasteiger partial charge in [0.15, 0.2) is 0 Å². The zero-order valence-corrected chi connectivity index (χ0v) is 11.8. The van der Waals surface area contributed by atoms with E-state index in [-0.39, 0.29) is 23.3 Å². The van der Waals surface area contributed by atoms with E-state index >= 15 is 0 Å². The molecule has 0 amide bonds. The summed E-state index contributed by atoms with van der Waals surface area (Å²) in [4.78, 5) is 12.8. The normalized spacial score (nSPS) is 16.6. The van der Waals surface area contributed by atoms with Crippen molar-refractivity contribution in [1.82, 2.24) is 9.78 Å². The van der Waals surface area contributed by atoms with Gasteiger partial charge >= 0.3 is 5.69 Å². The standard InChI is InChI=1S/C12H20N4O4/c1-9-11(16(18)19)12(14(2)13-9)15-5-3-10(4-6-15)20-8-7-17/h10,17H,3-8H2,1-2H3. The molecule has 8 heteroatoms. The van der Waals surface area contributed by atoms with Crippen molar-refractivity contribution in [3.05, 3.63) is 15.8 Å². The van der Waals surface area contributed by atoms with E-state index in [0.717, 1.165) is 12.8 Å². The Morgan fingerprint density at radius 3 is 2.70 bits per heavy atom. The average molecular weight is 284 g/mol. The highest BCUT2D eigenvalue weighted by molar-refractivity contribution is 5.61. The minimum Gasteiger partial charge on any atom is -0.394 e. The summed E-state index contributed by atoms with van der Waals surface area (Å²) in [6.07, 6.45) is 1.70. The van der Waals surface area contributed by atoms with E-state index in [1.807, 2.05) is 4.90 Å². The number of aliphatic hydroxyl groups excluding tert-OH is 1. The first-order chi connectivity index (χ1) is 9.54. The van der Waals surface area contributed by atoms with E-state index in [0.29, 0.717) is 31.2 Å². The molecular formula is C12H20N4O4. The second kappa shape index (κ2) is 6.19. The fraction of sp³-hybridized carbons (Fsp3) is 0.750. The Bertz CT molecular complexity index is 480. The van der Waals surface area contributed by atoms with Crippen LogP contribution >= 0.6 is 0 Å². The molecule has 1 aromatic rings. The number of aromatic nitrogens is 2. The number of ether oxygens (including phenoxy) is 1. The summed E-state index contributed by atoms with van der Waals surface area (Å²) in [6.45, 7) is 3.40. The number of hydrogen-bond acceptors (Lipinski definition) is 6. The third-order valence-electron chi connectivity index (χ3n) is 3.53. The number of aliphatic hydroxyl groups is 1. The number of rotatable bonds is 5. The van der Waals surface area contributed by atoms with Crippen molar-refractivity contribution >= 4 is 11.5 Å². The molecule has 0 atom stereocenters. The van der Waals surface area contributed by atoms with E-state index in [1.165, 1.54) is 0 Å². The van der Waals surface area contributed by atoms with Gasteiger partial charge in [-0.15, -0.1) is 0 Å². The topological polar surface area (TPSA) is 93.7 Å². The van der Waals surface area contributed by atoms with Crippen LogP contribution in [0.25, 0.3) is 0 Å². The van der Waals surface area contributed by atoms with Gasteiger partial charge in [-0.25, -0.2) is 4.68 Å². The lowest BCUT2D eigenvalue weighted by Crippen LogP contribution is -2.38. The molecule has 1 aliphatic heterocycles. The Labute approximate surface area is 117 Å². The Hall–Kier alpha value is -1.67. The van der Waals surface area contributed by atoms with Gasteiger partial charge in [-0.1, -0.05) is 0 Å². The Balaban J connectivity index is 2.09. The first-order valence-electron chi connectivity index (χ1n) is 6.70. The minimum atomic E-state index is -0.369. The SMILES string of the molecule is Cc1nn(C)c(N2CCC(OCCO)CC2)c1[N+](=O)[O-]. The van der Waals surface area contributed by atoms with Crippen LogP contribution < -0.4 is 4.90 Å². The van der Waals surface area contributed by atoms with Crippen LogP contribution in [0.4, 0.5) is 11.5 Å². The lowest BCUT2D eigenvalue weighted by molar-refractivity contribution is -0.384. The van der Waals surface area contributed by atoms with Crippen molar-refractivity contribution in [2.24, 2.45) is 7.05 Å². The molecule has 0 bridgehead atoms. The summed E-state index contributed by atoms with van der Waals surface area (Å²) in [5, 5.41) is 24.1. The van der Waals surface area contributed by atoms with Gasteiger partial charge in [0.1, 0.15) is 5.69 Å². The predicted octanol–water partition coefficient (Wildman–Crippen LogP) is 0.614. The van der Waals surface area contributed by atoms with Crippen LogP contribution in [0.3, 0.4) is 0 Å². The van der Waals surface area contributed by atoms with Crippen molar-refractivity contribution in [3.8, 4) is 0 Å². The molecule has 20 heavy (non-hydrogen) atoms. The molecule has 2 heterocycles. The maximum atomic E-state index is 11.2. The smallest absolute Gasteiger partial charge is 0.333 e. The summed E-state index contributed by atoms with van der Waals surface area (Å²) in [7, 11) is 1.73. The van der Waals surface area contributed by atoms with Crippen LogP contribution in [0.5, 0.6) is 0 Å². The van der Waals surface area contributed by atoms with Crippen molar-refractivity contribution in [2.75, 3.05) is 31.2 Å². The third kappa shape index (κ3) is 2.91. The number of nitrogens with zero attached hydrogens (tertiary/aromatic N) is 4. The zero-order valence-electron chi connectivity index (χ0n) is 11.8. The van der Waals surface area contributed by atoms with Gasteiger partial charge in [-0.05, 0) is 19.8 Å². The number of hydrogen-bond donors (Lipinski definition) is 1. The number of anilines is 1. The van der Waals surface area contributed by atoms with Gasteiger partial charge in [-0.3, -0.25) is 10.1 Å². The molecule has 0 aromatic carbocycles. The van der Waals surface area contributed by atoms with Crippen LogP contribution in [0.1, 0.15) is 18.5 Å². The number of piperidine rings is 1. The van der Waals surface area contributed by atoms with Crippen molar-refractivity contribution in [2.45, 2.75) is 25.9 Å². The fourth-order valence-corrected chi connectivity index (χ4v) is 2.66. The van der Waals surface area contributed by atoms with Crippen LogP contribution in [-0.2, 0) is 11.8 Å². The minimum absolute atomic E-state index is 0.0204. The monoisotopic (exact) mass is 284 g/mol. The van der Waals surface area contributed by atoms with E-state index < -0.39 is 0 Å². The molecule has 1 saturated heterocycles. The molecule has 0 spiro atoms. The highest BCUT2D eigenvalue weighted by Crippen LogP contribution is 2.32. The number of aryl methyl sites for hydroxylation is 2. The van der Waals surface area contributed by atoms with Crippen molar-refractivity contribution < 1.29 is 14.8 Å². The highest BCUT2D eigenvalue weighted by atomic mass is 16.6. The zero-order chi connectivity index (χ0) is 14.7. The summed E-state index contributed by atoms with van der Waals surface area (Å²) >= 11 is 0. The predicted molar refractivity (Wildman–Crippen MR) is 72.9 cm³/mol. The van der Waals surface area contributed by atoms with Gasteiger partial charge in [0.25, 0.3) is 0 Å². The summed E-state index contributed by atoms with van der Waals surface area (Å²) in [5.41, 5.74) is 0.522. The highest BCUT2D eigenvalue weighted by Gasteiger charge is 2.31. The molecule has 0 radical (unpaired) electrons. The largest absolute Gasteiger partial charge is 0.394 e. The van der Waals surface area contributed by atoms with Gasteiger partial charge in [0.05, 0.1) is 24.2 Å². The fourth-order valence-electron chi connectivity index (χ4n) is 2.66. The Kier molecular flexibility index (Phi) is 4.56. The van der Waals surface area contributed by atoms with Crippen LogP contribution in [0, 0.1) is 17.0 Å². The Morgan fingerprint density at radius 1 is 1.50 bits per heavy atom. The Morgan fingerprint density at radius 2 is 2.15 bits per heavy atom. The molecule has 1 aliphatic rings.